The standard InChI is InChI=1S/C17H15N3O5S/c1-24-13-5-3-4-10(15(13)25-9-14(21)22)6-7-12-11(8-18)16(23)20-17(19-12)26-2/h3-7H,9H2,1-2H3,(H,21,22)(H,19,20,23). The van der Waals surface area contributed by atoms with Crippen molar-refractivity contribution >= 4 is 29.9 Å². The van der Waals surface area contributed by atoms with E-state index in [-0.39, 0.29) is 11.3 Å². The molecule has 0 spiro atoms. The van der Waals surface area contributed by atoms with Gasteiger partial charge in [0.25, 0.3) is 5.56 Å². The molecular formula is C17H15N3O5S. The molecule has 1 aromatic heterocycles. The van der Waals surface area contributed by atoms with Crippen molar-refractivity contribution in [1.29, 1.82) is 5.26 Å². The molecule has 2 N–H and O–H groups in total. The van der Waals surface area contributed by atoms with Gasteiger partial charge in [-0.15, -0.1) is 0 Å². The molecule has 0 saturated heterocycles. The van der Waals surface area contributed by atoms with Crippen LogP contribution >= 0.6 is 11.8 Å². The van der Waals surface area contributed by atoms with Gasteiger partial charge in [0.15, 0.2) is 23.3 Å². The third kappa shape index (κ3) is 4.43. The zero-order chi connectivity index (χ0) is 19.1. The van der Waals surface area contributed by atoms with Gasteiger partial charge in [0.05, 0.1) is 12.8 Å². The number of hydrogen-bond acceptors (Lipinski definition) is 7. The SMILES string of the molecule is COc1cccc(C=Cc2[nH]c(SC)nc(=O)c2C#N)c1OCC(=O)O. The highest BCUT2D eigenvalue weighted by atomic mass is 32.2. The van der Waals surface area contributed by atoms with Crippen LogP contribution in [-0.2, 0) is 4.79 Å². The second-order valence-electron chi connectivity index (χ2n) is 4.85. The fourth-order valence-electron chi connectivity index (χ4n) is 2.08. The second-order valence-corrected chi connectivity index (χ2v) is 5.64. The van der Waals surface area contributed by atoms with Crippen molar-refractivity contribution in [2.45, 2.75) is 5.16 Å². The Bertz CT molecular complexity index is 946. The van der Waals surface area contributed by atoms with Crippen LogP contribution < -0.4 is 15.0 Å². The molecule has 8 nitrogen and oxygen atoms in total. The summed E-state index contributed by atoms with van der Waals surface area (Å²) in [5.41, 5.74) is 0.0832. The number of carboxylic acids is 1. The van der Waals surface area contributed by atoms with Crippen LogP contribution in [0.2, 0.25) is 0 Å². The van der Waals surface area contributed by atoms with E-state index in [2.05, 4.69) is 9.97 Å². The number of hydrogen-bond donors (Lipinski definition) is 2. The number of carboxylic acid groups (broad SMARTS) is 1. The number of methoxy groups -OCH3 is 1. The van der Waals surface area contributed by atoms with Crippen molar-refractivity contribution in [2.24, 2.45) is 0 Å². The third-order valence-electron chi connectivity index (χ3n) is 3.23. The van der Waals surface area contributed by atoms with E-state index >= 15 is 0 Å². The number of nitrogens with zero attached hydrogens (tertiary/aromatic N) is 2. The average molecular weight is 373 g/mol. The summed E-state index contributed by atoms with van der Waals surface area (Å²) in [7, 11) is 1.44. The van der Waals surface area contributed by atoms with Crippen molar-refractivity contribution in [3.63, 3.8) is 0 Å². The van der Waals surface area contributed by atoms with Gasteiger partial charge in [-0.25, -0.2) is 4.79 Å². The van der Waals surface area contributed by atoms with Crippen LogP contribution in [0.25, 0.3) is 12.2 Å². The summed E-state index contributed by atoms with van der Waals surface area (Å²) in [6, 6.07) is 6.86. The van der Waals surface area contributed by atoms with E-state index in [1.165, 1.54) is 24.9 Å². The first-order valence-electron chi connectivity index (χ1n) is 7.28. The van der Waals surface area contributed by atoms with Crippen molar-refractivity contribution in [3.05, 3.63) is 45.4 Å². The van der Waals surface area contributed by atoms with E-state index in [9.17, 15) is 14.9 Å². The number of H-pyrrole nitrogens is 1. The second kappa shape index (κ2) is 8.73. The fourth-order valence-corrected chi connectivity index (χ4v) is 2.47. The maximum absolute atomic E-state index is 11.9. The summed E-state index contributed by atoms with van der Waals surface area (Å²) in [6.07, 6.45) is 4.87. The summed E-state index contributed by atoms with van der Waals surface area (Å²) < 4.78 is 10.5. The number of para-hydroxylation sites is 1. The first-order valence-corrected chi connectivity index (χ1v) is 8.50. The van der Waals surface area contributed by atoms with Crippen molar-refractivity contribution < 1.29 is 19.4 Å². The number of aromatic nitrogens is 2. The highest BCUT2D eigenvalue weighted by molar-refractivity contribution is 7.98. The van der Waals surface area contributed by atoms with Crippen molar-refractivity contribution in [1.82, 2.24) is 9.97 Å². The molecule has 0 fully saturated rings. The van der Waals surface area contributed by atoms with Gasteiger partial charge in [0.1, 0.15) is 11.6 Å². The maximum Gasteiger partial charge on any atom is 0.341 e. The zero-order valence-electron chi connectivity index (χ0n) is 14.0. The molecule has 0 atom stereocenters. The number of thioether (sulfide) groups is 1. The lowest BCUT2D eigenvalue weighted by Gasteiger charge is -2.12. The lowest BCUT2D eigenvalue weighted by Crippen LogP contribution is -2.14. The fraction of sp³-hybridized carbons (Fsp3) is 0.176. The number of aromatic amines is 1. The van der Waals surface area contributed by atoms with E-state index in [0.29, 0.717) is 22.2 Å². The van der Waals surface area contributed by atoms with E-state index in [1.807, 2.05) is 6.07 Å². The largest absolute Gasteiger partial charge is 0.493 e. The molecule has 0 saturated carbocycles. The molecule has 0 aliphatic heterocycles. The van der Waals surface area contributed by atoms with Crippen LogP contribution in [0.4, 0.5) is 0 Å². The highest BCUT2D eigenvalue weighted by Gasteiger charge is 2.12. The number of carbonyl (C=O) groups is 1. The molecule has 0 amide bonds. The Morgan fingerprint density at radius 2 is 2.23 bits per heavy atom. The molecule has 0 unspecified atom stereocenters. The average Bonchev–Trinajstić information content (AvgIpc) is 2.64. The van der Waals surface area contributed by atoms with Crippen LogP contribution in [0, 0.1) is 11.3 Å². The predicted octanol–water partition coefficient (Wildman–Crippen LogP) is 2.01. The molecule has 2 aromatic rings. The van der Waals surface area contributed by atoms with Gasteiger partial charge in [-0.2, -0.15) is 10.2 Å². The predicted molar refractivity (Wildman–Crippen MR) is 96.4 cm³/mol. The molecule has 0 radical (unpaired) electrons. The van der Waals surface area contributed by atoms with Crippen LogP contribution in [0.1, 0.15) is 16.8 Å². The highest BCUT2D eigenvalue weighted by Crippen LogP contribution is 2.32. The molecule has 9 heteroatoms. The Morgan fingerprint density at radius 1 is 1.46 bits per heavy atom. The molecular weight excluding hydrogens is 358 g/mol. The van der Waals surface area contributed by atoms with E-state index in [1.54, 1.807) is 30.5 Å². The summed E-state index contributed by atoms with van der Waals surface area (Å²) in [4.78, 5) is 29.3. The number of nitrogens with one attached hydrogen (secondary N) is 1. The summed E-state index contributed by atoms with van der Waals surface area (Å²) in [5.74, 6) is -0.517. The van der Waals surface area contributed by atoms with Crippen molar-refractivity contribution in [2.75, 3.05) is 20.0 Å². The summed E-state index contributed by atoms with van der Waals surface area (Å²) >= 11 is 1.24. The van der Waals surface area contributed by atoms with E-state index in [4.69, 9.17) is 14.6 Å². The van der Waals surface area contributed by atoms with Gasteiger partial charge in [-0.05, 0) is 24.5 Å². The van der Waals surface area contributed by atoms with Crippen LogP contribution in [0.5, 0.6) is 11.5 Å². The van der Waals surface area contributed by atoms with E-state index in [0.717, 1.165) is 0 Å². The van der Waals surface area contributed by atoms with Gasteiger partial charge < -0.3 is 19.6 Å². The smallest absolute Gasteiger partial charge is 0.341 e. The Labute approximate surface area is 153 Å². The summed E-state index contributed by atoms with van der Waals surface area (Å²) in [6.45, 7) is -0.534. The Balaban J connectivity index is 2.48. The molecule has 0 aliphatic rings. The van der Waals surface area contributed by atoms with Gasteiger partial charge in [-0.1, -0.05) is 23.9 Å². The number of rotatable bonds is 7. The van der Waals surface area contributed by atoms with Gasteiger partial charge in [0.2, 0.25) is 0 Å². The normalized spacial score (nSPS) is 10.5. The molecule has 0 bridgehead atoms. The number of ether oxygens (including phenoxy) is 2. The molecule has 2 rings (SSSR count). The Kier molecular flexibility index (Phi) is 6.41. The minimum atomic E-state index is -1.12. The lowest BCUT2D eigenvalue weighted by molar-refractivity contribution is -0.139. The first-order chi connectivity index (χ1) is 12.5. The van der Waals surface area contributed by atoms with Crippen LogP contribution in [-0.4, -0.2) is 41.0 Å². The topological polar surface area (TPSA) is 125 Å². The van der Waals surface area contributed by atoms with Gasteiger partial charge in [0, 0.05) is 5.56 Å². The van der Waals surface area contributed by atoms with Gasteiger partial charge >= 0.3 is 5.97 Å². The quantitative estimate of drug-likeness (QED) is 0.558. The van der Waals surface area contributed by atoms with E-state index < -0.39 is 18.1 Å². The Hall–Kier alpha value is -3.25. The molecule has 0 aliphatic carbocycles. The third-order valence-corrected chi connectivity index (χ3v) is 3.81. The van der Waals surface area contributed by atoms with Crippen LogP contribution in [0.3, 0.4) is 0 Å². The molecule has 1 aromatic carbocycles. The molecule has 134 valence electrons. The Morgan fingerprint density at radius 3 is 2.85 bits per heavy atom. The van der Waals surface area contributed by atoms with Crippen LogP contribution in [0.15, 0.2) is 28.2 Å². The first kappa shape index (κ1) is 19.1. The zero-order valence-corrected chi connectivity index (χ0v) is 14.8. The monoisotopic (exact) mass is 373 g/mol. The lowest BCUT2D eigenvalue weighted by atomic mass is 10.1. The molecule has 26 heavy (non-hydrogen) atoms. The minimum absolute atomic E-state index is 0.116. The van der Waals surface area contributed by atoms with Gasteiger partial charge in [-0.3, -0.25) is 4.79 Å². The minimum Gasteiger partial charge on any atom is -0.493 e. The molecule has 1 heterocycles. The van der Waals surface area contributed by atoms with Crippen molar-refractivity contribution in [3.8, 4) is 17.6 Å². The number of nitriles is 1. The maximum atomic E-state index is 11.9. The summed E-state index contributed by atoms with van der Waals surface area (Å²) in [5, 5.41) is 18.4. The number of benzene rings is 1. The number of aliphatic carboxylic acids is 1.